The minimum Gasteiger partial charge on any atom is -0.507 e. The summed E-state index contributed by atoms with van der Waals surface area (Å²) in [5.41, 5.74) is -0.341. The second kappa shape index (κ2) is 5.69. The van der Waals surface area contributed by atoms with Crippen molar-refractivity contribution in [1.29, 1.82) is 0 Å². The number of benzene rings is 2. The number of phenols is 3. The van der Waals surface area contributed by atoms with Crippen molar-refractivity contribution in [2.45, 2.75) is 0 Å². The van der Waals surface area contributed by atoms with Gasteiger partial charge in [-0.05, 0) is 17.7 Å². The lowest BCUT2D eigenvalue weighted by Crippen LogP contribution is -2.06. The molecule has 0 aliphatic heterocycles. The van der Waals surface area contributed by atoms with Crippen molar-refractivity contribution >= 4 is 11.0 Å². The zero-order valence-electron chi connectivity index (χ0n) is 12.9. The van der Waals surface area contributed by atoms with E-state index in [1.165, 1.54) is 44.6 Å². The van der Waals surface area contributed by atoms with Crippen LogP contribution in [0.2, 0.25) is 0 Å². The van der Waals surface area contributed by atoms with E-state index in [0.717, 1.165) is 0 Å². The molecule has 0 atom stereocenters. The van der Waals surface area contributed by atoms with Crippen LogP contribution in [-0.2, 0) is 0 Å². The standard InChI is InChI=1S/C17H14O7/c1-22-9-6-12(20)15-13(7-9)24-17(21)14(16(15)23-2)8-3-4-10(18)11(19)5-8/h3-7,18-20H,1-2H3. The van der Waals surface area contributed by atoms with Crippen molar-refractivity contribution in [3.8, 4) is 39.9 Å². The van der Waals surface area contributed by atoms with Crippen LogP contribution < -0.4 is 15.1 Å². The zero-order valence-corrected chi connectivity index (χ0v) is 12.9. The average Bonchev–Trinajstić information content (AvgIpc) is 2.55. The highest BCUT2D eigenvalue weighted by molar-refractivity contribution is 5.96. The molecule has 0 unspecified atom stereocenters. The molecular weight excluding hydrogens is 316 g/mol. The lowest BCUT2D eigenvalue weighted by atomic mass is 10.0. The van der Waals surface area contributed by atoms with Gasteiger partial charge in [0.15, 0.2) is 11.5 Å². The minimum absolute atomic E-state index is 0.0146. The molecular formula is C17H14O7. The Morgan fingerprint density at radius 2 is 1.67 bits per heavy atom. The molecule has 1 aromatic heterocycles. The van der Waals surface area contributed by atoms with Crippen molar-refractivity contribution < 1.29 is 29.2 Å². The summed E-state index contributed by atoms with van der Waals surface area (Å²) in [4.78, 5) is 12.4. The van der Waals surface area contributed by atoms with E-state index in [9.17, 15) is 20.1 Å². The van der Waals surface area contributed by atoms with Gasteiger partial charge in [-0.15, -0.1) is 0 Å². The van der Waals surface area contributed by atoms with Gasteiger partial charge in [-0.25, -0.2) is 4.79 Å². The molecule has 0 aliphatic carbocycles. The van der Waals surface area contributed by atoms with Crippen molar-refractivity contribution in [2.24, 2.45) is 0 Å². The number of hydrogen-bond donors (Lipinski definition) is 3. The molecule has 3 N–H and O–H groups in total. The Kier molecular flexibility index (Phi) is 3.69. The third-order valence-corrected chi connectivity index (χ3v) is 3.62. The fourth-order valence-electron chi connectivity index (χ4n) is 2.50. The largest absolute Gasteiger partial charge is 0.507 e. The summed E-state index contributed by atoms with van der Waals surface area (Å²) < 4.78 is 15.6. The molecule has 7 nitrogen and oxygen atoms in total. The minimum atomic E-state index is -0.725. The van der Waals surface area contributed by atoms with Gasteiger partial charge in [-0.1, -0.05) is 6.07 Å². The van der Waals surface area contributed by atoms with Crippen LogP contribution in [0, 0.1) is 0 Å². The smallest absolute Gasteiger partial charge is 0.348 e. The van der Waals surface area contributed by atoms with E-state index in [1.54, 1.807) is 0 Å². The second-order valence-corrected chi connectivity index (χ2v) is 5.02. The Balaban J connectivity index is 2.40. The van der Waals surface area contributed by atoms with Crippen molar-refractivity contribution in [2.75, 3.05) is 14.2 Å². The maximum Gasteiger partial charge on any atom is 0.348 e. The number of phenolic OH excluding ortho intramolecular Hbond substituents is 3. The Morgan fingerprint density at radius 3 is 2.29 bits per heavy atom. The fourth-order valence-corrected chi connectivity index (χ4v) is 2.50. The van der Waals surface area contributed by atoms with Gasteiger partial charge in [0.25, 0.3) is 0 Å². The molecule has 24 heavy (non-hydrogen) atoms. The van der Waals surface area contributed by atoms with Gasteiger partial charge in [-0.3, -0.25) is 0 Å². The average molecular weight is 330 g/mol. The van der Waals surface area contributed by atoms with Crippen LogP contribution >= 0.6 is 0 Å². The summed E-state index contributed by atoms with van der Waals surface area (Å²) in [6, 6.07) is 6.69. The van der Waals surface area contributed by atoms with Crippen LogP contribution in [0.25, 0.3) is 22.1 Å². The molecule has 0 saturated heterocycles. The molecule has 0 fully saturated rings. The lowest BCUT2D eigenvalue weighted by Gasteiger charge is -2.12. The Hall–Kier alpha value is -3.35. The molecule has 3 aromatic rings. The van der Waals surface area contributed by atoms with Crippen LogP contribution in [0.1, 0.15) is 0 Å². The lowest BCUT2D eigenvalue weighted by molar-refractivity contribution is 0.400. The van der Waals surface area contributed by atoms with E-state index in [1.807, 2.05) is 0 Å². The molecule has 0 spiro atoms. The van der Waals surface area contributed by atoms with Crippen molar-refractivity contribution in [3.05, 3.63) is 40.8 Å². The fraction of sp³-hybridized carbons (Fsp3) is 0.118. The summed E-state index contributed by atoms with van der Waals surface area (Å²) in [6.07, 6.45) is 0. The van der Waals surface area contributed by atoms with Gasteiger partial charge in [-0.2, -0.15) is 0 Å². The number of rotatable bonds is 3. The number of hydrogen-bond acceptors (Lipinski definition) is 7. The topological polar surface area (TPSA) is 109 Å². The maximum absolute atomic E-state index is 12.4. The van der Waals surface area contributed by atoms with Gasteiger partial charge in [0, 0.05) is 12.1 Å². The predicted molar refractivity (Wildman–Crippen MR) is 86.0 cm³/mol. The number of fused-ring (bicyclic) bond motifs is 1. The second-order valence-electron chi connectivity index (χ2n) is 5.02. The highest BCUT2D eigenvalue weighted by atomic mass is 16.5. The van der Waals surface area contributed by atoms with Crippen molar-refractivity contribution in [1.82, 2.24) is 0 Å². The third-order valence-electron chi connectivity index (χ3n) is 3.62. The molecule has 0 radical (unpaired) electrons. The van der Waals surface area contributed by atoms with Gasteiger partial charge < -0.3 is 29.2 Å². The summed E-state index contributed by atoms with van der Waals surface area (Å²) in [5, 5.41) is 29.5. The Bertz CT molecular complexity index is 988. The molecule has 1 heterocycles. The maximum atomic E-state index is 12.4. The van der Waals surface area contributed by atoms with E-state index in [4.69, 9.17) is 13.9 Å². The molecule has 0 amide bonds. The zero-order chi connectivity index (χ0) is 17.4. The normalized spacial score (nSPS) is 10.8. The summed E-state index contributed by atoms with van der Waals surface area (Å²) in [7, 11) is 2.77. The first-order valence-electron chi connectivity index (χ1n) is 6.90. The molecule has 3 rings (SSSR count). The first-order valence-corrected chi connectivity index (χ1v) is 6.90. The number of methoxy groups -OCH3 is 2. The number of ether oxygens (including phenoxy) is 2. The Labute approximate surface area is 135 Å². The summed E-state index contributed by atoms with van der Waals surface area (Å²) in [5.74, 6) is -0.496. The van der Waals surface area contributed by atoms with Crippen LogP contribution in [-0.4, -0.2) is 29.5 Å². The first-order chi connectivity index (χ1) is 11.5. The highest BCUT2D eigenvalue weighted by Crippen LogP contribution is 2.42. The molecule has 0 saturated carbocycles. The van der Waals surface area contributed by atoms with Gasteiger partial charge in [0.1, 0.15) is 33.8 Å². The van der Waals surface area contributed by atoms with Crippen LogP contribution in [0.3, 0.4) is 0 Å². The highest BCUT2D eigenvalue weighted by Gasteiger charge is 2.21. The van der Waals surface area contributed by atoms with Crippen LogP contribution in [0.15, 0.2) is 39.5 Å². The Morgan fingerprint density at radius 1 is 0.917 bits per heavy atom. The molecule has 0 bridgehead atoms. The molecule has 2 aromatic carbocycles. The predicted octanol–water partition coefficient (Wildman–Crippen LogP) is 2.59. The van der Waals surface area contributed by atoms with Gasteiger partial charge >= 0.3 is 5.63 Å². The monoisotopic (exact) mass is 330 g/mol. The quantitative estimate of drug-likeness (QED) is 0.500. The first kappa shape index (κ1) is 15.5. The van der Waals surface area contributed by atoms with E-state index in [-0.39, 0.29) is 39.3 Å². The van der Waals surface area contributed by atoms with E-state index in [0.29, 0.717) is 5.75 Å². The third kappa shape index (κ3) is 2.36. The van der Waals surface area contributed by atoms with E-state index >= 15 is 0 Å². The van der Waals surface area contributed by atoms with E-state index in [2.05, 4.69) is 0 Å². The summed E-state index contributed by atoms with van der Waals surface area (Å²) in [6.45, 7) is 0. The SMILES string of the molecule is COc1cc(O)c2c(OC)c(-c3ccc(O)c(O)c3)c(=O)oc2c1. The number of aromatic hydroxyl groups is 3. The van der Waals surface area contributed by atoms with Crippen LogP contribution in [0.5, 0.6) is 28.7 Å². The van der Waals surface area contributed by atoms with Gasteiger partial charge in [0.2, 0.25) is 0 Å². The molecule has 0 aliphatic rings. The van der Waals surface area contributed by atoms with E-state index < -0.39 is 11.4 Å². The van der Waals surface area contributed by atoms with Crippen LogP contribution in [0.4, 0.5) is 0 Å². The summed E-state index contributed by atoms with van der Waals surface area (Å²) >= 11 is 0. The molecule has 124 valence electrons. The molecule has 7 heteroatoms. The van der Waals surface area contributed by atoms with Crippen molar-refractivity contribution in [3.63, 3.8) is 0 Å². The van der Waals surface area contributed by atoms with Gasteiger partial charge in [0.05, 0.1) is 14.2 Å².